The summed E-state index contributed by atoms with van der Waals surface area (Å²) >= 11 is 6.04. The summed E-state index contributed by atoms with van der Waals surface area (Å²) in [5, 5.41) is 15.2. The van der Waals surface area contributed by atoms with Gasteiger partial charge in [-0.1, -0.05) is 37.6 Å². The molecule has 2 aromatic rings. The molecule has 1 atom stereocenters. The summed E-state index contributed by atoms with van der Waals surface area (Å²) < 4.78 is 28.0. The topological polar surface area (TPSA) is 108 Å². The second kappa shape index (κ2) is 10.7. The molecule has 1 fully saturated rings. The van der Waals surface area contributed by atoms with E-state index < -0.39 is 14.9 Å². The fourth-order valence-electron chi connectivity index (χ4n) is 3.88. The van der Waals surface area contributed by atoms with Gasteiger partial charge in [0.25, 0.3) is 15.7 Å². The summed E-state index contributed by atoms with van der Waals surface area (Å²) in [6.45, 7) is 8.63. The number of nitrogens with one attached hydrogen (secondary N) is 2. The van der Waals surface area contributed by atoms with Crippen molar-refractivity contribution in [2.75, 3.05) is 49.8 Å². The minimum Gasteiger partial charge on any atom is -0.378 e. The first kappa shape index (κ1) is 25.2. The van der Waals surface area contributed by atoms with E-state index in [1.807, 2.05) is 0 Å². The molecule has 1 aliphatic heterocycles. The number of nitro groups is 1. The van der Waals surface area contributed by atoms with Crippen molar-refractivity contribution in [2.24, 2.45) is 5.92 Å². The SMILES string of the molecule is CC(C)C(CNc1ccc(S(=O)(=O)Nc2ccccc2Cl)cc1[N+](=O)[O-])N1CCN(C)CC1. The highest BCUT2D eigenvalue weighted by molar-refractivity contribution is 7.92. The van der Waals surface area contributed by atoms with Gasteiger partial charge in [-0.2, -0.15) is 0 Å². The standard InChI is InChI=1S/C22H30ClN5O4S/c1-16(2)22(27-12-10-26(3)11-13-27)15-24-20-9-8-17(14-21(20)28(29)30)33(31,32)25-19-7-5-4-6-18(19)23/h4-9,14,16,22,24-25H,10-13,15H2,1-3H3. The lowest BCUT2D eigenvalue weighted by Gasteiger charge is -2.40. The number of hydrogen-bond donors (Lipinski definition) is 2. The molecule has 1 unspecified atom stereocenters. The quantitative estimate of drug-likeness (QED) is 0.403. The van der Waals surface area contributed by atoms with Crippen LogP contribution in [0.25, 0.3) is 0 Å². The first-order chi connectivity index (χ1) is 15.6. The molecule has 1 saturated heterocycles. The maximum absolute atomic E-state index is 12.8. The minimum atomic E-state index is -4.06. The van der Waals surface area contributed by atoms with E-state index in [-0.39, 0.29) is 33.0 Å². The van der Waals surface area contributed by atoms with Crippen molar-refractivity contribution in [3.8, 4) is 0 Å². The first-order valence-electron chi connectivity index (χ1n) is 10.8. The highest BCUT2D eigenvalue weighted by Crippen LogP contribution is 2.30. The number of nitrogens with zero attached hydrogens (tertiary/aromatic N) is 3. The van der Waals surface area contributed by atoms with Crippen molar-refractivity contribution in [3.63, 3.8) is 0 Å². The zero-order valence-corrected chi connectivity index (χ0v) is 20.6. The third-order valence-electron chi connectivity index (χ3n) is 5.87. The summed E-state index contributed by atoms with van der Waals surface area (Å²) in [7, 11) is -1.96. The third-order valence-corrected chi connectivity index (χ3v) is 7.57. The smallest absolute Gasteiger partial charge is 0.293 e. The number of anilines is 2. The van der Waals surface area contributed by atoms with Crippen molar-refractivity contribution < 1.29 is 13.3 Å². The normalized spacial score (nSPS) is 16.5. The van der Waals surface area contributed by atoms with Crippen molar-refractivity contribution in [1.29, 1.82) is 0 Å². The highest BCUT2D eigenvalue weighted by atomic mass is 35.5. The van der Waals surface area contributed by atoms with Crippen LogP contribution in [0.4, 0.5) is 17.1 Å². The fraction of sp³-hybridized carbons (Fsp3) is 0.455. The second-order valence-corrected chi connectivity index (χ2v) is 10.6. The monoisotopic (exact) mass is 495 g/mol. The number of halogens is 1. The predicted octanol–water partition coefficient (Wildman–Crippen LogP) is 3.73. The third kappa shape index (κ3) is 6.35. The lowest BCUT2D eigenvalue weighted by Crippen LogP contribution is -2.52. The van der Waals surface area contributed by atoms with Crippen molar-refractivity contribution >= 4 is 38.7 Å². The molecule has 0 aliphatic carbocycles. The average Bonchev–Trinajstić information content (AvgIpc) is 2.76. The fourth-order valence-corrected chi connectivity index (χ4v) is 5.22. The zero-order chi connectivity index (χ0) is 24.2. The molecule has 2 N–H and O–H groups in total. The molecular formula is C22H30ClN5O4S. The van der Waals surface area contributed by atoms with Gasteiger partial charge in [-0.15, -0.1) is 0 Å². The zero-order valence-electron chi connectivity index (χ0n) is 19.0. The van der Waals surface area contributed by atoms with E-state index in [4.69, 9.17) is 11.6 Å². The molecule has 3 rings (SSSR count). The molecule has 0 spiro atoms. The van der Waals surface area contributed by atoms with Gasteiger partial charge >= 0.3 is 0 Å². The molecule has 9 nitrogen and oxygen atoms in total. The van der Waals surface area contributed by atoms with E-state index in [0.717, 1.165) is 32.2 Å². The Balaban J connectivity index is 1.79. The van der Waals surface area contributed by atoms with Crippen molar-refractivity contribution in [2.45, 2.75) is 24.8 Å². The maximum atomic E-state index is 12.8. The Bertz CT molecular complexity index is 1090. The Kier molecular flexibility index (Phi) is 8.17. The first-order valence-corrected chi connectivity index (χ1v) is 12.7. The number of piperazine rings is 1. The molecule has 0 bridgehead atoms. The van der Waals surface area contributed by atoms with Gasteiger partial charge in [0.1, 0.15) is 5.69 Å². The van der Waals surface area contributed by atoms with Crippen LogP contribution in [0, 0.1) is 16.0 Å². The lowest BCUT2D eigenvalue weighted by molar-refractivity contribution is -0.384. The Morgan fingerprint density at radius 1 is 1.09 bits per heavy atom. The number of sulfonamides is 1. The minimum absolute atomic E-state index is 0.198. The number of rotatable bonds is 9. The van der Waals surface area contributed by atoms with Gasteiger partial charge in [0, 0.05) is 44.8 Å². The molecule has 1 heterocycles. The van der Waals surface area contributed by atoms with Crippen LogP contribution in [-0.2, 0) is 10.0 Å². The van der Waals surface area contributed by atoms with Gasteiger partial charge in [-0.25, -0.2) is 8.42 Å². The molecule has 180 valence electrons. The number of nitro benzene ring substituents is 1. The second-order valence-electron chi connectivity index (χ2n) is 8.55. The van der Waals surface area contributed by atoms with E-state index in [0.29, 0.717) is 12.5 Å². The number of para-hydroxylation sites is 1. The van der Waals surface area contributed by atoms with Gasteiger partial charge in [0.2, 0.25) is 0 Å². The Morgan fingerprint density at radius 2 is 1.76 bits per heavy atom. The molecule has 0 saturated carbocycles. The van der Waals surface area contributed by atoms with Gasteiger partial charge in [-0.3, -0.25) is 19.7 Å². The summed E-state index contributed by atoms with van der Waals surface area (Å²) in [6.07, 6.45) is 0. The Hall–Kier alpha value is -2.40. The largest absolute Gasteiger partial charge is 0.378 e. The number of benzene rings is 2. The van der Waals surface area contributed by atoms with Crippen LogP contribution in [0.1, 0.15) is 13.8 Å². The highest BCUT2D eigenvalue weighted by Gasteiger charge is 2.27. The van der Waals surface area contributed by atoms with Crippen LogP contribution in [0.3, 0.4) is 0 Å². The molecule has 33 heavy (non-hydrogen) atoms. The molecule has 0 aromatic heterocycles. The van der Waals surface area contributed by atoms with E-state index in [1.165, 1.54) is 18.2 Å². The Labute approximate surface area is 199 Å². The summed E-state index contributed by atoms with van der Waals surface area (Å²) in [4.78, 5) is 15.6. The molecule has 0 amide bonds. The maximum Gasteiger partial charge on any atom is 0.293 e. The summed E-state index contributed by atoms with van der Waals surface area (Å²) in [5.74, 6) is 0.347. The van der Waals surface area contributed by atoms with Crippen LogP contribution in [0.15, 0.2) is 47.4 Å². The van der Waals surface area contributed by atoms with Crippen molar-refractivity contribution in [3.05, 3.63) is 57.6 Å². The van der Waals surface area contributed by atoms with Crippen LogP contribution >= 0.6 is 11.6 Å². The summed E-state index contributed by atoms with van der Waals surface area (Å²) in [6, 6.07) is 10.5. The lowest BCUT2D eigenvalue weighted by atomic mass is 10.0. The van der Waals surface area contributed by atoms with Crippen LogP contribution in [0.2, 0.25) is 5.02 Å². The molecule has 2 aromatic carbocycles. The summed E-state index contributed by atoms with van der Waals surface area (Å²) in [5.41, 5.74) is 0.199. The van der Waals surface area contributed by atoms with Gasteiger partial charge < -0.3 is 10.2 Å². The molecule has 1 aliphatic rings. The van der Waals surface area contributed by atoms with Crippen molar-refractivity contribution in [1.82, 2.24) is 9.80 Å². The van der Waals surface area contributed by atoms with E-state index in [2.05, 4.69) is 40.7 Å². The van der Waals surface area contributed by atoms with E-state index >= 15 is 0 Å². The van der Waals surface area contributed by atoms with Gasteiger partial charge in [0.05, 0.1) is 20.5 Å². The molecule has 0 radical (unpaired) electrons. The molecule has 11 heteroatoms. The Morgan fingerprint density at radius 3 is 2.36 bits per heavy atom. The van der Waals surface area contributed by atoms with Crippen LogP contribution < -0.4 is 10.0 Å². The number of likely N-dealkylation sites (N-methyl/N-ethyl adjacent to an activating group) is 1. The predicted molar refractivity (Wildman–Crippen MR) is 132 cm³/mol. The van der Waals surface area contributed by atoms with Gasteiger partial charge in [-0.05, 0) is 37.2 Å². The van der Waals surface area contributed by atoms with E-state index in [1.54, 1.807) is 18.2 Å². The van der Waals surface area contributed by atoms with E-state index in [9.17, 15) is 18.5 Å². The van der Waals surface area contributed by atoms with Gasteiger partial charge in [0.15, 0.2) is 0 Å². The number of hydrogen-bond acceptors (Lipinski definition) is 7. The average molecular weight is 496 g/mol. The van der Waals surface area contributed by atoms with Crippen LogP contribution in [0.5, 0.6) is 0 Å². The van der Waals surface area contributed by atoms with Crippen LogP contribution in [-0.4, -0.2) is 69.0 Å². The molecular weight excluding hydrogens is 466 g/mol.